The zero-order valence-corrected chi connectivity index (χ0v) is 17.1. The first-order valence-electron chi connectivity index (χ1n) is 9.98. The smallest absolute Gasteiger partial charge is 0.310 e. The van der Waals surface area contributed by atoms with Crippen LogP contribution in [0.4, 0.5) is 0 Å². The lowest BCUT2D eigenvalue weighted by Gasteiger charge is -2.35. The van der Waals surface area contributed by atoms with Gasteiger partial charge in [0, 0.05) is 11.8 Å². The van der Waals surface area contributed by atoms with Crippen molar-refractivity contribution in [2.75, 3.05) is 19.8 Å². The molecule has 7 nitrogen and oxygen atoms in total. The van der Waals surface area contributed by atoms with Gasteiger partial charge in [0.2, 0.25) is 11.8 Å². The third kappa shape index (κ3) is 3.14. The summed E-state index contributed by atoms with van der Waals surface area (Å²) < 4.78 is 4.66. The summed E-state index contributed by atoms with van der Waals surface area (Å²) in [5, 5.41) is 12.7. The SMILES string of the molecule is CCCCNC(=O)C1N([C@H](C)CO)C(=O)[C@@H]2[C@@H](C(=O)OCC)[C@H]3CCC12S3. The van der Waals surface area contributed by atoms with Crippen molar-refractivity contribution in [3.05, 3.63) is 0 Å². The lowest BCUT2D eigenvalue weighted by molar-refractivity contribution is -0.154. The lowest BCUT2D eigenvalue weighted by Crippen LogP contribution is -2.56. The summed E-state index contributed by atoms with van der Waals surface area (Å²) in [6, 6.07) is -1.12. The van der Waals surface area contributed by atoms with Crippen LogP contribution in [0.15, 0.2) is 0 Å². The fraction of sp³-hybridized carbons (Fsp3) is 0.842. The lowest BCUT2D eigenvalue weighted by atomic mass is 9.71. The van der Waals surface area contributed by atoms with E-state index in [4.69, 9.17) is 4.74 Å². The Bertz CT molecular complexity index is 615. The number of rotatable bonds is 8. The van der Waals surface area contributed by atoms with Crippen molar-refractivity contribution >= 4 is 29.5 Å². The first-order chi connectivity index (χ1) is 12.9. The Balaban J connectivity index is 1.95. The number of nitrogens with one attached hydrogen (secondary N) is 1. The minimum Gasteiger partial charge on any atom is -0.466 e. The number of hydrogen-bond donors (Lipinski definition) is 2. The third-order valence-electron chi connectivity index (χ3n) is 6.11. The molecular formula is C19H30N2O5S. The van der Waals surface area contributed by atoms with Crippen LogP contribution in [0.2, 0.25) is 0 Å². The molecule has 2 amide bonds. The number of amides is 2. The molecule has 1 spiro atoms. The van der Waals surface area contributed by atoms with Gasteiger partial charge in [0.25, 0.3) is 0 Å². The van der Waals surface area contributed by atoms with Gasteiger partial charge in [-0.15, -0.1) is 11.8 Å². The van der Waals surface area contributed by atoms with Crippen LogP contribution in [0.1, 0.15) is 46.5 Å². The molecule has 6 atom stereocenters. The van der Waals surface area contributed by atoms with Crippen LogP contribution in [-0.4, -0.2) is 69.6 Å². The molecule has 8 heteroatoms. The van der Waals surface area contributed by atoms with Gasteiger partial charge in [-0.2, -0.15) is 0 Å². The molecule has 0 aromatic rings. The molecule has 2 N–H and O–H groups in total. The normalized spacial score (nSPS) is 35.3. The Morgan fingerprint density at radius 2 is 2.19 bits per heavy atom. The molecule has 3 rings (SSSR count). The maximum atomic E-state index is 13.3. The van der Waals surface area contributed by atoms with Crippen molar-refractivity contribution in [1.29, 1.82) is 0 Å². The molecule has 3 fully saturated rings. The Hall–Kier alpha value is -1.28. The number of hydrogen-bond acceptors (Lipinski definition) is 6. The minimum atomic E-state index is -0.650. The molecule has 0 radical (unpaired) electrons. The summed E-state index contributed by atoms with van der Waals surface area (Å²) in [5.41, 5.74) is 0. The van der Waals surface area contributed by atoms with Crippen molar-refractivity contribution in [1.82, 2.24) is 10.2 Å². The van der Waals surface area contributed by atoms with Gasteiger partial charge in [-0.1, -0.05) is 13.3 Å². The molecule has 27 heavy (non-hydrogen) atoms. The Morgan fingerprint density at radius 1 is 1.44 bits per heavy atom. The highest BCUT2D eigenvalue weighted by atomic mass is 32.2. The monoisotopic (exact) mass is 398 g/mol. The van der Waals surface area contributed by atoms with Crippen LogP contribution in [0, 0.1) is 11.8 Å². The van der Waals surface area contributed by atoms with E-state index in [1.165, 1.54) is 4.90 Å². The Kier molecular flexibility index (Phi) is 6.05. The van der Waals surface area contributed by atoms with Gasteiger partial charge in [0.1, 0.15) is 6.04 Å². The number of unbranched alkanes of at least 4 members (excludes halogenated alkanes) is 1. The number of ether oxygens (including phenoxy) is 1. The van der Waals surface area contributed by atoms with E-state index in [2.05, 4.69) is 12.2 Å². The van der Waals surface area contributed by atoms with Gasteiger partial charge in [0.05, 0.1) is 35.8 Å². The van der Waals surface area contributed by atoms with Gasteiger partial charge in [0.15, 0.2) is 0 Å². The molecule has 0 aromatic heterocycles. The van der Waals surface area contributed by atoms with Crippen LogP contribution in [0.3, 0.4) is 0 Å². The number of aliphatic hydroxyl groups excluding tert-OH is 1. The quantitative estimate of drug-likeness (QED) is 0.467. The zero-order valence-electron chi connectivity index (χ0n) is 16.3. The van der Waals surface area contributed by atoms with Crippen molar-refractivity contribution < 1.29 is 24.2 Å². The average Bonchev–Trinajstić information content (AvgIpc) is 3.28. The highest BCUT2D eigenvalue weighted by molar-refractivity contribution is 8.02. The first-order valence-corrected chi connectivity index (χ1v) is 10.9. The molecule has 0 saturated carbocycles. The summed E-state index contributed by atoms with van der Waals surface area (Å²) in [4.78, 5) is 40.6. The first kappa shape index (κ1) is 20.5. The van der Waals surface area contributed by atoms with Gasteiger partial charge >= 0.3 is 5.97 Å². The number of carbonyl (C=O) groups excluding carboxylic acids is 3. The topological polar surface area (TPSA) is 95.9 Å². The van der Waals surface area contributed by atoms with Crippen LogP contribution < -0.4 is 5.32 Å². The van der Waals surface area contributed by atoms with Gasteiger partial charge in [-0.05, 0) is 33.1 Å². The molecule has 3 saturated heterocycles. The molecule has 3 aliphatic rings. The Morgan fingerprint density at radius 3 is 2.81 bits per heavy atom. The standard InChI is InChI=1S/C19H30N2O5S/c1-4-6-9-20-16(23)15-19-8-7-12(27-19)13(18(25)26-5-2)14(19)17(24)21(15)11(3)10-22/h11-15,22H,4-10H2,1-3H3,(H,20,23)/t11-,12-,13+,14+,15?,19?/m1/s1. The van der Waals surface area contributed by atoms with E-state index in [0.29, 0.717) is 6.54 Å². The van der Waals surface area contributed by atoms with Crippen molar-refractivity contribution in [2.24, 2.45) is 11.8 Å². The van der Waals surface area contributed by atoms with Crippen molar-refractivity contribution in [2.45, 2.75) is 68.5 Å². The van der Waals surface area contributed by atoms with Crippen LogP contribution in [0.5, 0.6) is 0 Å². The predicted octanol–water partition coefficient (Wildman–Crippen LogP) is 0.938. The molecule has 3 heterocycles. The van der Waals surface area contributed by atoms with E-state index in [1.807, 2.05) is 0 Å². The predicted molar refractivity (Wildman–Crippen MR) is 102 cm³/mol. The highest BCUT2D eigenvalue weighted by Gasteiger charge is 2.74. The number of esters is 1. The summed E-state index contributed by atoms with van der Waals surface area (Å²) in [6.07, 6.45) is 3.38. The van der Waals surface area contributed by atoms with Gasteiger partial charge < -0.3 is 20.1 Å². The Labute approximate surface area is 164 Å². The van der Waals surface area contributed by atoms with E-state index in [0.717, 1.165) is 25.7 Å². The number of aliphatic hydroxyl groups is 1. The second kappa shape index (κ2) is 7.99. The van der Waals surface area contributed by atoms with E-state index in [9.17, 15) is 19.5 Å². The molecule has 152 valence electrons. The van der Waals surface area contributed by atoms with E-state index < -0.39 is 28.7 Å². The maximum absolute atomic E-state index is 13.3. The second-order valence-electron chi connectivity index (χ2n) is 7.73. The third-order valence-corrected chi connectivity index (χ3v) is 8.07. The van der Waals surface area contributed by atoms with E-state index in [1.54, 1.807) is 25.6 Å². The number of likely N-dealkylation sites (tertiary alicyclic amines) is 1. The molecule has 0 aromatic carbocycles. The fourth-order valence-electron chi connectivity index (χ4n) is 4.94. The van der Waals surface area contributed by atoms with Crippen molar-refractivity contribution in [3.8, 4) is 0 Å². The molecule has 2 bridgehead atoms. The van der Waals surface area contributed by atoms with Crippen molar-refractivity contribution in [3.63, 3.8) is 0 Å². The zero-order chi connectivity index (χ0) is 19.8. The number of carbonyl (C=O) groups is 3. The van der Waals surface area contributed by atoms with E-state index >= 15 is 0 Å². The summed E-state index contributed by atoms with van der Waals surface area (Å²) in [5.74, 6) is -1.75. The van der Waals surface area contributed by atoms with Crippen LogP contribution in [0.25, 0.3) is 0 Å². The second-order valence-corrected chi connectivity index (χ2v) is 9.33. The maximum Gasteiger partial charge on any atom is 0.310 e. The summed E-state index contributed by atoms with van der Waals surface area (Å²) in [6.45, 7) is 6.19. The molecule has 2 unspecified atom stereocenters. The van der Waals surface area contributed by atoms with Gasteiger partial charge in [-0.25, -0.2) is 0 Å². The number of fused-ring (bicyclic) bond motifs is 1. The van der Waals surface area contributed by atoms with Crippen LogP contribution in [-0.2, 0) is 19.1 Å². The fourth-order valence-corrected chi connectivity index (χ4v) is 7.14. The molecular weight excluding hydrogens is 368 g/mol. The average molecular weight is 399 g/mol. The molecule has 3 aliphatic heterocycles. The number of nitrogens with zero attached hydrogens (tertiary/aromatic N) is 1. The van der Waals surface area contributed by atoms with E-state index in [-0.39, 0.29) is 36.2 Å². The summed E-state index contributed by atoms with van der Waals surface area (Å²) >= 11 is 1.62. The molecule has 0 aliphatic carbocycles. The number of thioether (sulfide) groups is 1. The minimum absolute atomic E-state index is 0.0236. The van der Waals surface area contributed by atoms with Crippen LogP contribution >= 0.6 is 11.8 Å². The highest BCUT2D eigenvalue weighted by Crippen LogP contribution is 2.66. The summed E-state index contributed by atoms with van der Waals surface area (Å²) in [7, 11) is 0. The van der Waals surface area contributed by atoms with Gasteiger partial charge in [-0.3, -0.25) is 14.4 Å². The largest absolute Gasteiger partial charge is 0.466 e.